The summed E-state index contributed by atoms with van der Waals surface area (Å²) in [5, 5.41) is 12.5. The number of hydrogen-bond donors (Lipinski definition) is 2. The van der Waals surface area contributed by atoms with Crippen LogP contribution in [0.25, 0.3) is 27.8 Å². The number of aromatic nitrogens is 2. The van der Waals surface area contributed by atoms with Gasteiger partial charge in [-0.25, -0.2) is 9.37 Å². The van der Waals surface area contributed by atoms with E-state index in [0.29, 0.717) is 17.5 Å². The van der Waals surface area contributed by atoms with Crippen LogP contribution in [0, 0.1) is 11.7 Å². The third kappa shape index (κ3) is 3.75. The number of carbonyl (C=O) groups is 2. The van der Waals surface area contributed by atoms with Gasteiger partial charge >= 0.3 is 5.97 Å². The maximum atomic E-state index is 16.4. The van der Waals surface area contributed by atoms with Gasteiger partial charge in [0.25, 0.3) is 5.91 Å². The number of rotatable bonds is 6. The summed E-state index contributed by atoms with van der Waals surface area (Å²) in [7, 11) is 0. The van der Waals surface area contributed by atoms with Crippen LogP contribution >= 0.6 is 0 Å². The normalized spacial score (nSPS) is 18.7. The molecule has 2 aliphatic rings. The highest BCUT2D eigenvalue weighted by Gasteiger charge is 2.46. The monoisotopic (exact) mass is 483 g/mol. The predicted octanol–water partition coefficient (Wildman–Crippen LogP) is 4.27. The molecule has 2 aromatic heterocycles. The molecule has 2 fully saturated rings. The molecule has 0 aliphatic heterocycles. The maximum absolute atomic E-state index is 16.4. The average molecular weight is 483 g/mol. The highest BCUT2D eigenvalue weighted by Crippen LogP contribution is 2.50. The van der Waals surface area contributed by atoms with Crippen molar-refractivity contribution >= 4 is 22.9 Å². The number of hydrogen-bond acceptors (Lipinski definition) is 4. The number of carboxylic acids is 1. The van der Waals surface area contributed by atoms with Crippen LogP contribution in [0.4, 0.5) is 4.39 Å². The van der Waals surface area contributed by atoms with E-state index in [9.17, 15) is 19.5 Å². The number of fused-ring (bicyclic) bond motifs is 1. The summed E-state index contributed by atoms with van der Waals surface area (Å²) < 4.78 is 17.8. The van der Waals surface area contributed by atoms with Gasteiger partial charge in [-0.1, -0.05) is 42.5 Å². The van der Waals surface area contributed by atoms with E-state index in [2.05, 4.69) is 10.3 Å². The lowest BCUT2D eigenvalue weighted by Gasteiger charge is -2.19. The molecule has 0 radical (unpaired) electrons. The van der Waals surface area contributed by atoms with Crippen LogP contribution in [0.1, 0.15) is 41.1 Å². The second kappa shape index (κ2) is 8.41. The lowest BCUT2D eigenvalue weighted by Crippen LogP contribution is -2.31. The first-order valence-corrected chi connectivity index (χ1v) is 11.9. The topological polar surface area (TPSA) is 101 Å². The fraction of sp³-hybridized carbons (Fsp3) is 0.214. The summed E-state index contributed by atoms with van der Waals surface area (Å²) >= 11 is 0. The third-order valence-corrected chi connectivity index (χ3v) is 6.90. The molecule has 6 rings (SSSR count). The van der Waals surface area contributed by atoms with Crippen LogP contribution in [0.2, 0.25) is 0 Å². The number of carbonyl (C=O) groups excluding carboxylic acids is 1. The van der Waals surface area contributed by atoms with Crippen LogP contribution in [0.3, 0.4) is 0 Å². The molecule has 7 nitrogen and oxygen atoms in total. The molecule has 180 valence electrons. The van der Waals surface area contributed by atoms with Crippen molar-refractivity contribution in [3.63, 3.8) is 0 Å². The molecule has 2 atom stereocenters. The van der Waals surface area contributed by atoms with Crippen molar-refractivity contribution in [2.45, 2.75) is 31.2 Å². The lowest BCUT2D eigenvalue weighted by atomic mass is 9.97. The number of nitrogens with one attached hydrogen (secondary N) is 1. The van der Waals surface area contributed by atoms with Crippen LogP contribution in [0.15, 0.2) is 71.8 Å². The second-order valence-corrected chi connectivity index (χ2v) is 9.38. The van der Waals surface area contributed by atoms with Gasteiger partial charge in [0.15, 0.2) is 5.82 Å². The zero-order valence-electron chi connectivity index (χ0n) is 19.1. The van der Waals surface area contributed by atoms with Gasteiger partial charge in [0.1, 0.15) is 11.2 Å². The Balaban J connectivity index is 1.63. The highest BCUT2D eigenvalue weighted by molar-refractivity contribution is 5.97. The summed E-state index contributed by atoms with van der Waals surface area (Å²) in [5.74, 6) is -3.13. The quantitative estimate of drug-likeness (QED) is 0.427. The lowest BCUT2D eigenvalue weighted by molar-refractivity contribution is -0.138. The molecule has 8 heteroatoms. The number of pyridine rings is 2. The van der Waals surface area contributed by atoms with Gasteiger partial charge in [0.05, 0.1) is 17.0 Å². The Labute approximate surface area is 205 Å². The first-order valence-electron chi connectivity index (χ1n) is 11.9. The highest BCUT2D eigenvalue weighted by atomic mass is 19.1. The largest absolute Gasteiger partial charge is 0.481 e. The van der Waals surface area contributed by atoms with E-state index in [1.807, 2.05) is 30.3 Å². The number of benzene rings is 2. The van der Waals surface area contributed by atoms with Crippen molar-refractivity contribution in [3.05, 3.63) is 94.2 Å². The van der Waals surface area contributed by atoms with Crippen LogP contribution < -0.4 is 10.7 Å². The number of halogens is 1. The van der Waals surface area contributed by atoms with Gasteiger partial charge < -0.3 is 10.4 Å². The Bertz CT molecular complexity index is 1590. The first kappa shape index (κ1) is 22.2. The molecule has 0 bridgehead atoms. The summed E-state index contributed by atoms with van der Waals surface area (Å²) in [6.07, 6.45) is 4.93. The molecule has 2 aliphatic carbocycles. The van der Waals surface area contributed by atoms with Crippen molar-refractivity contribution < 1.29 is 19.1 Å². The molecule has 2 saturated carbocycles. The summed E-state index contributed by atoms with van der Waals surface area (Å²) in [4.78, 5) is 42.1. The van der Waals surface area contributed by atoms with Crippen molar-refractivity contribution in [3.8, 4) is 16.8 Å². The standard InChI is InChI=1S/C28H22FN3O4/c29-23-18(20-13-21(20)28(35)36)11-10-17(15-5-2-1-3-6-15)24(23)32-14-22(27(34)31-16-8-9-16)25(33)19-7-4-12-30-26(19)32/h1-7,10-12,14,16,20-21H,8-9,13H2,(H,31,34)(H,35,36). The smallest absolute Gasteiger partial charge is 0.307 e. The number of nitrogens with zero attached hydrogens (tertiary/aromatic N) is 2. The molecule has 2 unspecified atom stereocenters. The van der Waals surface area contributed by atoms with Gasteiger partial charge in [0, 0.05) is 29.9 Å². The Morgan fingerprint density at radius 2 is 1.83 bits per heavy atom. The van der Waals surface area contributed by atoms with E-state index in [-0.39, 0.29) is 28.3 Å². The second-order valence-electron chi connectivity index (χ2n) is 9.38. The molecule has 2 heterocycles. The van der Waals surface area contributed by atoms with Gasteiger partial charge in [0.2, 0.25) is 5.43 Å². The van der Waals surface area contributed by atoms with E-state index < -0.39 is 35.0 Å². The molecular weight excluding hydrogens is 461 g/mol. The maximum Gasteiger partial charge on any atom is 0.307 e. The van der Waals surface area contributed by atoms with E-state index in [1.54, 1.807) is 24.3 Å². The predicted molar refractivity (Wildman–Crippen MR) is 132 cm³/mol. The fourth-order valence-electron chi connectivity index (χ4n) is 4.75. The Hall–Kier alpha value is -4.33. The molecular formula is C28H22FN3O4. The number of amides is 1. The molecule has 1 amide bonds. The van der Waals surface area contributed by atoms with Crippen molar-refractivity contribution in [1.82, 2.24) is 14.9 Å². The first-order chi connectivity index (χ1) is 17.4. The molecule has 2 N–H and O–H groups in total. The Morgan fingerprint density at radius 1 is 1.06 bits per heavy atom. The Morgan fingerprint density at radius 3 is 2.53 bits per heavy atom. The van der Waals surface area contributed by atoms with Crippen molar-refractivity contribution in [2.75, 3.05) is 0 Å². The average Bonchev–Trinajstić information content (AvgIpc) is 3.81. The minimum Gasteiger partial charge on any atom is -0.481 e. The third-order valence-electron chi connectivity index (χ3n) is 6.90. The van der Waals surface area contributed by atoms with Crippen LogP contribution in [-0.2, 0) is 4.79 Å². The van der Waals surface area contributed by atoms with Gasteiger partial charge in [-0.15, -0.1) is 0 Å². The molecule has 0 spiro atoms. The van der Waals surface area contributed by atoms with Crippen LogP contribution in [0.5, 0.6) is 0 Å². The van der Waals surface area contributed by atoms with E-state index in [1.165, 1.54) is 17.0 Å². The van der Waals surface area contributed by atoms with E-state index in [4.69, 9.17) is 0 Å². The minimum absolute atomic E-state index is 0.0395. The van der Waals surface area contributed by atoms with E-state index >= 15 is 4.39 Å². The molecule has 2 aromatic carbocycles. The van der Waals surface area contributed by atoms with Crippen molar-refractivity contribution in [2.24, 2.45) is 5.92 Å². The van der Waals surface area contributed by atoms with E-state index in [0.717, 1.165) is 18.4 Å². The van der Waals surface area contributed by atoms with Gasteiger partial charge in [-0.3, -0.25) is 19.0 Å². The molecule has 4 aromatic rings. The zero-order chi connectivity index (χ0) is 25.0. The number of aliphatic carboxylic acids is 1. The summed E-state index contributed by atoms with van der Waals surface area (Å²) in [6.45, 7) is 0. The SMILES string of the molecule is O=C(NC1CC1)c1cn(-c2c(-c3ccccc3)ccc(C3CC3C(=O)O)c2F)c2ncccc2c1=O. The molecule has 0 saturated heterocycles. The van der Waals surface area contributed by atoms with Crippen molar-refractivity contribution in [1.29, 1.82) is 0 Å². The van der Waals surface area contributed by atoms with Crippen LogP contribution in [-0.4, -0.2) is 32.6 Å². The van der Waals surface area contributed by atoms with Gasteiger partial charge in [-0.2, -0.15) is 0 Å². The minimum atomic E-state index is -0.956. The van der Waals surface area contributed by atoms with Gasteiger partial charge in [-0.05, 0) is 42.5 Å². The summed E-state index contributed by atoms with van der Waals surface area (Å²) in [6, 6.07) is 15.8. The summed E-state index contributed by atoms with van der Waals surface area (Å²) in [5.41, 5.74) is 1.33. The zero-order valence-corrected chi connectivity index (χ0v) is 19.1. The Kier molecular flexibility index (Phi) is 5.17. The molecule has 36 heavy (non-hydrogen) atoms. The number of carboxylic acid groups (broad SMARTS) is 1. The fourth-order valence-corrected chi connectivity index (χ4v) is 4.75.